The fourth-order valence-electron chi connectivity index (χ4n) is 1.79. The zero-order chi connectivity index (χ0) is 16.8. The summed E-state index contributed by atoms with van der Waals surface area (Å²) in [6.07, 6.45) is 0. The van der Waals surface area contributed by atoms with Crippen molar-refractivity contribution in [3.05, 3.63) is 39.2 Å². The van der Waals surface area contributed by atoms with Gasteiger partial charge in [-0.15, -0.1) is 11.8 Å². The summed E-state index contributed by atoms with van der Waals surface area (Å²) in [5, 5.41) is 9.12. The number of aromatic nitrogens is 1. The molecular formula is C15H16IN3O3S. The highest BCUT2D eigenvalue weighted by Gasteiger charge is 2.09. The van der Waals surface area contributed by atoms with Crippen LogP contribution in [-0.4, -0.2) is 28.5 Å². The Morgan fingerprint density at radius 2 is 1.87 bits per heavy atom. The fourth-order valence-corrected chi connectivity index (χ4v) is 3.06. The highest BCUT2D eigenvalue weighted by Crippen LogP contribution is 2.18. The molecule has 0 aliphatic heterocycles. The number of nitrogens with one attached hydrogen (secondary N) is 2. The van der Waals surface area contributed by atoms with Gasteiger partial charge in [-0.25, -0.2) is 0 Å². The van der Waals surface area contributed by atoms with Gasteiger partial charge < -0.3 is 15.2 Å². The summed E-state index contributed by atoms with van der Waals surface area (Å²) in [6, 6.07) is 7.44. The van der Waals surface area contributed by atoms with E-state index < -0.39 is 0 Å². The third kappa shape index (κ3) is 5.87. The maximum atomic E-state index is 11.9. The first-order valence-corrected chi connectivity index (χ1v) is 9.04. The van der Waals surface area contributed by atoms with E-state index in [1.54, 1.807) is 13.0 Å². The third-order valence-electron chi connectivity index (χ3n) is 2.82. The number of nitrogens with zero attached hydrogens (tertiary/aromatic N) is 1. The molecule has 2 rings (SSSR count). The second-order valence-electron chi connectivity index (χ2n) is 4.87. The second-order valence-corrected chi connectivity index (χ2v) is 7.10. The minimum absolute atomic E-state index is 0.135. The van der Waals surface area contributed by atoms with Crippen molar-refractivity contribution in [1.29, 1.82) is 0 Å². The van der Waals surface area contributed by atoms with Crippen LogP contribution in [0.1, 0.15) is 11.3 Å². The molecule has 0 atom stereocenters. The van der Waals surface area contributed by atoms with E-state index in [4.69, 9.17) is 4.52 Å². The molecule has 0 saturated heterocycles. The van der Waals surface area contributed by atoms with Gasteiger partial charge in [-0.2, -0.15) is 0 Å². The molecule has 23 heavy (non-hydrogen) atoms. The van der Waals surface area contributed by atoms with Crippen LogP contribution >= 0.6 is 34.4 Å². The third-order valence-corrected chi connectivity index (χ3v) is 4.43. The number of hydrogen-bond donors (Lipinski definition) is 2. The van der Waals surface area contributed by atoms with Gasteiger partial charge >= 0.3 is 0 Å². The normalized spacial score (nSPS) is 10.4. The molecule has 1 aromatic carbocycles. The number of thioether (sulfide) groups is 1. The van der Waals surface area contributed by atoms with Gasteiger partial charge in [-0.05, 0) is 60.2 Å². The quantitative estimate of drug-likeness (QED) is 0.668. The number of carbonyl (C=O) groups is 2. The Morgan fingerprint density at radius 3 is 2.48 bits per heavy atom. The second kappa shape index (κ2) is 8.34. The van der Waals surface area contributed by atoms with E-state index in [0.29, 0.717) is 11.6 Å². The lowest BCUT2D eigenvalue weighted by molar-refractivity contribution is -0.114. The smallest absolute Gasteiger partial charge is 0.235 e. The van der Waals surface area contributed by atoms with Crippen LogP contribution in [0.3, 0.4) is 0 Å². The molecule has 2 N–H and O–H groups in total. The molecule has 2 amide bonds. The molecule has 0 aliphatic rings. The molecule has 0 radical (unpaired) electrons. The molecule has 0 aliphatic carbocycles. The molecule has 1 aromatic heterocycles. The van der Waals surface area contributed by atoms with Gasteiger partial charge in [0.2, 0.25) is 11.8 Å². The highest BCUT2D eigenvalue weighted by atomic mass is 127. The van der Waals surface area contributed by atoms with Gasteiger partial charge in [0.15, 0.2) is 5.82 Å². The van der Waals surface area contributed by atoms with E-state index in [0.717, 1.165) is 14.8 Å². The van der Waals surface area contributed by atoms with Crippen molar-refractivity contribution in [2.45, 2.75) is 13.8 Å². The van der Waals surface area contributed by atoms with Crippen molar-refractivity contribution in [2.24, 2.45) is 0 Å². The zero-order valence-corrected chi connectivity index (χ0v) is 15.7. The SMILES string of the molecule is Cc1cc(NC(=O)CSCC(=O)Nc2ccc(I)cc2C)no1. The zero-order valence-electron chi connectivity index (χ0n) is 12.7. The minimum Gasteiger partial charge on any atom is -0.360 e. The van der Waals surface area contributed by atoms with Crippen molar-refractivity contribution in [1.82, 2.24) is 5.16 Å². The van der Waals surface area contributed by atoms with Crippen LogP contribution in [0.5, 0.6) is 0 Å². The van der Waals surface area contributed by atoms with Crippen molar-refractivity contribution >= 4 is 57.7 Å². The van der Waals surface area contributed by atoms with E-state index >= 15 is 0 Å². The van der Waals surface area contributed by atoms with E-state index in [-0.39, 0.29) is 23.3 Å². The molecule has 0 spiro atoms. The predicted octanol–water partition coefficient (Wildman–Crippen LogP) is 3.21. The lowest BCUT2D eigenvalue weighted by atomic mass is 10.2. The van der Waals surface area contributed by atoms with Gasteiger partial charge in [0, 0.05) is 15.3 Å². The lowest BCUT2D eigenvalue weighted by Gasteiger charge is -2.08. The van der Waals surface area contributed by atoms with Gasteiger partial charge in [-0.1, -0.05) is 5.16 Å². The summed E-state index contributed by atoms with van der Waals surface area (Å²) < 4.78 is 5.98. The summed E-state index contributed by atoms with van der Waals surface area (Å²) in [5.74, 6) is 1.03. The van der Waals surface area contributed by atoms with Crippen molar-refractivity contribution in [3.8, 4) is 0 Å². The average Bonchev–Trinajstić information content (AvgIpc) is 2.87. The van der Waals surface area contributed by atoms with Crippen LogP contribution in [-0.2, 0) is 9.59 Å². The Bertz CT molecular complexity index is 718. The van der Waals surface area contributed by atoms with Gasteiger partial charge in [-0.3, -0.25) is 9.59 Å². The predicted molar refractivity (Wildman–Crippen MR) is 99.7 cm³/mol. The number of anilines is 2. The Balaban J connectivity index is 1.73. The maximum Gasteiger partial charge on any atom is 0.235 e. The van der Waals surface area contributed by atoms with Gasteiger partial charge in [0.25, 0.3) is 0 Å². The molecule has 0 fully saturated rings. The number of halogens is 1. The number of amides is 2. The molecule has 122 valence electrons. The number of carbonyl (C=O) groups excluding carboxylic acids is 2. The molecule has 2 aromatic rings. The standard InChI is InChI=1S/C15H16IN3O3S/c1-9-5-11(16)3-4-12(9)17-14(20)7-23-8-15(21)18-13-6-10(2)22-19-13/h3-6H,7-8H2,1-2H3,(H,17,20)(H,18,19,21). The monoisotopic (exact) mass is 445 g/mol. The first-order valence-electron chi connectivity index (χ1n) is 6.81. The number of benzene rings is 1. The number of hydrogen-bond acceptors (Lipinski definition) is 5. The molecule has 0 unspecified atom stereocenters. The van der Waals surface area contributed by atoms with Crippen molar-refractivity contribution < 1.29 is 14.1 Å². The maximum absolute atomic E-state index is 11.9. The van der Waals surface area contributed by atoms with Crippen LogP contribution in [0.25, 0.3) is 0 Å². The molecule has 1 heterocycles. The Morgan fingerprint density at radius 1 is 1.17 bits per heavy atom. The lowest BCUT2D eigenvalue weighted by Crippen LogP contribution is -2.19. The number of aryl methyl sites for hydroxylation is 2. The highest BCUT2D eigenvalue weighted by molar-refractivity contribution is 14.1. The van der Waals surface area contributed by atoms with Crippen LogP contribution in [0.2, 0.25) is 0 Å². The molecule has 0 bridgehead atoms. The molecule has 6 nitrogen and oxygen atoms in total. The van der Waals surface area contributed by atoms with Crippen molar-refractivity contribution in [3.63, 3.8) is 0 Å². The summed E-state index contributed by atoms with van der Waals surface area (Å²) in [7, 11) is 0. The van der Waals surface area contributed by atoms with E-state index in [1.807, 2.05) is 25.1 Å². The first-order chi connectivity index (χ1) is 10.9. The largest absolute Gasteiger partial charge is 0.360 e. The summed E-state index contributed by atoms with van der Waals surface area (Å²) >= 11 is 3.46. The van der Waals surface area contributed by atoms with Crippen molar-refractivity contribution in [2.75, 3.05) is 22.1 Å². The summed E-state index contributed by atoms with van der Waals surface area (Å²) in [5.41, 5.74) is 1.80. The van der Waals surface area contributed by atoms with E-state index in [1.165, 1.54) is 11.8 Å². The summed E-state index contributed by atoms with van der Waals surface area (Å²) in [6.45, 7) is 3.69. The fraction of sp³-hybridized carbons (Fsp3) is 0.267. The van der Waals surface area contributed by atoms with Crippen LogP contribution in [0.15, 0.2) is 28.8 Å². The van der Waals surface area contributed by atoms with Crippen LogP contribution in [0.4, 0.5) is 11.5 Å². The van der Waals surface area contributed by atoms with E-state index in [2.05, 4.69) is 38.4 Å². The minimum atomic E-state index is -0.221. The Kier molecular flexibility index (Phi) is 6.46. The van der Waals surface area contributed by atoms with Gasteiger partial charge in [0.1, 0.15) is 5.76 Å². The average molecular weight is 445 g/mol. The summed E-state index contributed by atoms with van der Waals surface area (Å²) in [4.78, 5) is 23.6. The Hall–Kier alpha value is -1.55. The van der Waals surface area contributed by atoms with E-state index in [9.17, 15) is 9.59 Å². The molecule has 0 saturated carbocycles. The van der Waals surface area contributed by atoms with Crippen LogP contribution in [0, 0.1) is 17.4 Å². The Labute approximate surface area is 151 Å². The molecule has 8 heteroatoms. The first kappa shape index (κ1) is 17.8. The number of rotatable bonds is 6. The topological polar surface area (TPSA) is 84.2 Å². The van der Waals surface area contributed by atoms with Crippen LogP contribution < -0.4 is 10.6 Å². The van der Waals surface area contributed by atoms with Gasteiger partial charge in [0.05, 0.1) is 11.5 Å². The molecular weight excluding hydrogens is 429 g/mol.